The highest BCUT2D eigenvalue weighted by Crippen LogP contribution is 2.40. The molecule has 1 amide bonds. The highest BCUT2D eigenvalue weighted by Gasteiger charge is 2.45. The number of aliphatic hydroxyl groups is 1. The molecule has 2 aromatic rings. The Morgan fingerprint density at radius 2 is 1.68 bits per heavy atom. The Morgan fingerprint density at radius 1 is 1.03 bits per heavy atom. The van der Waals surface area contributed by atoms with Gasteiger partial charge in [0.15, 0.2) is 0 Å². The average molecular weight is 424 g/mol. The molecule has 6 nitrogen and oxygen atoms in total. The van der Waals surface area contributed by atoms with Gasteiger partial charge in [-0.15, -0.1) is 0 Å². The molecule has 3 rings (SSSR count). The highest BCUT2D eigenvalue weighted by atomic mass is 16.5. The van der Waals surface area contributed by atoms with E-state index in [1.54, 1.807) is 38.5 Å². The molecule has 0 aromatic heterocycles. The fourth-order valence-corrected chi connectivity index (χ4v) is 3.80. The van der Waals surface area contributed by atoms with Crippen LogP contribution in [0.3, 0.4) is 0 Å². The van der Waals surface area contributed by atoms with Gasteiger partial charge in [0, 0.05) is 25.8 Å². The molecule has 0 radical (unpaired) electrons. The summed E-state index contributed by atoms with van der Waals surface area (Å²) in [6.07, 6.45) is 0.590. The van der Waals surface area contributed by atoms with Crippen LogP contribution < -0.4 is 4.74 Å². The van der Waals surface area contributed by atoms with Gasteiger partial charge >= 0.3 is 0 Å². The van der Waals surface area contributed by atoms with Crippen molar-refractivity contribution in [2.45, 2.75) is 32.2 Å². The molecule has 1 saturated heterocycles. The summed E-state index contributed by atoms with van der Waals surface area (Å²) in [7, 11) is 3.15. The van der Waals surface area contributed by atoms with Crippen molar-refractivity contribution in [3.05, 3.63) is 70.8 Å². The molecule has 1 N–H and O–H groups in total. The Kier molecular flexibility index (Phi) is 7.13. The number of Topliss-reactive ketones (excluding diaryl/α,β-unsaturated/α-hetero) is 1. The fourth-order valence-electron chi connectivity index (χ4n) is 3.80. The Labute approximate surface area is 183 Å². The van der Waals surface area contributed by atoms with Crippen molar-refractivity contribution in [3.63, 3.8) is 0 Å². The lowest BCUT2D eigenvalue weighted by molar-refractivity contribution is -0.140. The lowest BCUT2D eigenvalue weighted by Gasteiger charge is -2.25. The summed E-state index contributed by atoms with van der Waals surface area (Å²) in [6, 6.07) is 14.0. The summed E-state index contributed by atoms with van der Waals surface area (Å²) >= 11 is 0. The van der Waals surface area contributed by atoms with E-state index >= 15 is 0 Å². The zero-order valence-electron chi connectivity index (χ0n) is 18.4. The normalized spacial score (nSPS) is 18.1. The smallest absolute Gasteiger partial charge is 0.295 e. The van der Waals surface area contributed by atoms with E-state index in [0.29, 0.717) is 36.8 Å². The summed E-state index contributed by atoms with van der Waals surface area (Å²) in [6.45, 7) is 5.04. The van der Waals surface area contributed by atoms with Crippen molar-refractivity contribution < 1.29 is 24.2 Å². The third kappa shape index (κ3) is 4.64. The largest absolute Gasteiger partial charge is 0.507 e. The molecule has 1 unspecified atom stereocenters. The summed E-state index contributed by atoms with van der Waals surface area (Å²) < 4.78 is 10.3. The van der Waals surface area contributed by atoms with Gasteiger partial charge in [0.25, 0.3) is 11.7 Å². The van der Waals surface area contributed by atoms with Gasteiger partial charge in [0.1, 0.15) is 11.5 Å². The molecule has 1 aliphatic rings. The lowest BCUT2D eigenvalue weighted by Crippen LogP contribution is -2.31. The highest BCUT2D eigenvalue weighted by molar-refractivity contribution is 6.46. The van der Waals surface area contributed by atoms with Gasteiger partial charge in [-0.05, 0) is 47.7 Å². The molecular weight excluding hydrogens is 394 g/mol. The summed E-state index contributed by atoms with van der Waals surface area (Å²) in [5.74, 6) is -0.472. The van der Waals surface area contributed by atoms with Gasteiger partial charge in [0.05, 0.1) is 18.7 Å². The minimum atomic E-state index is -0.677. The molecule has 1 atom stereocenters. The molecule has 0 saturated carbocycles. The second-order valence-electron chi connectivity index (χ2n) is 7.89. The first-order valence-electron chi connectivity index (χ1n) is 10.4. The number of benzene rings is 2. The van der Waals surface area contributed by atoms with Crippen LogP contribution in [0.1, 0.15) is 48.9 Å². The molecule has 0 bridgehead atoms. The monoisotopic (exact) mass is 423 g/mol. The van der Waals surface area contributed by atoms with Gasteiger partial charge in [-0.1, -0.05) is 38.1 Å². The zero-order valence-corrected chi connectivity index (χ0v) is 18.4. The van der Waals surface area contributed by atoms with E-state index in [-0.39, 0.29) is 11.3 Å². The Bertz CT molecular complexity index is 960. The third-order valence-corrected chi connectivity index (χ3v) is 5.57. The number of likely N-dealkylation sites (tertiary alicyclic amines) is 1. The van der Waals surface area contributed by atoms with Crippen LogP contribution in [0.4, 0.5) is 0 Å². The van der Waals surface area contributed by atoms with Crippen molar-refractivity contribution in [2.75, 3.05) is 27.4 Å². The first-order chi connectivity index (χ1) is 14.9. The van der Waals surface area contributed by atoms with Crippen LogP contribution >= 0.6 is 0 Å². The maximum Gasteiger partial charge on any atom is 0.295 e. The van der Waals surface area contributed by atoms with Crippen LogP contribution in [0.15, 0.2) is 54.1 Å². The number of carbonyl (C=O) groups excluding carboxylic acids is 2. The van der Waals surface area contributed by atoms with Gasteiger partial charge in [0.2, 0.25) is 0 Å². The molecule has 1 fully saturated rings. The number of aliphatic hydroxyl groups excluding tert-OH is 1. The number of rotatable bonds is 8. The van der Waals surface area contributed by atoms with Gasteiger partial charge < -0.3 is 19.5 Å². The molecule has 0 aliphatic carbocycles. The Morgan fingerprint density at radius 3 is 2.23 bits per heavy atom. The fraction of sp³-hybridized carbons (Fsp3) is 0.360. The molecule has 1 aliphatic heterocycles. The zero-order chi connectivity index (χ0) is 22.5. The predicted molar refractivity (Wildman–Crippen MR) is 119 cm³/mol. The number of nitrogens with zero attached hydrogens (tertiary/aromatic N) is 1. The molecule has 6 heteroatoms. The van der Waals surface area contributed by atoms with Crippen molar-refractivity contribution in [2.24, 2.45) is 0 Å². The maximum absolute atomic E-state index is 13.0. The van der Waals surface area contributed by atoms with Crippen molar-refractivity contribution in [1.29, 1.82) is 0 Å². The average Bonchev–Trinajstić information content (AvgIpc) is 3.04. The summed E-state index contributed by atoms with van der Waals surface area (Å²) in [5.41, 5.74) is 2.51. The van der Waals surface area contributed by atoms with E-state index in [4.69, 9.17) is 9.47 Å². The van der Waals surface area contributed by atoms with E-state index in [1.807, 2.05) is 24.3 Å². The lowest BCUT2D eigenvalue weighted by atomic mass is 9.93. The number of ketones is 1. The van der Waals surface area contributed by atoms with E-state index in [0.717, 1.165) is 11.1 Å². The summed E-state index contributed by atoms with van der Waals surface area (Å²) in [4.78, 5) is 27.4. The van der Waals surface area contributed by atoms with Crippen molar-refractivity contribution in [1.82, 2.24) is 4.90 Å². The predicted octanol–water partition coefficient (Wildman–Crippen LogP) is 4.28. The quantitative estimate of drug-likeness (QED) is 0.297. The maximum atomic E-state index is 13.0. The van der Waals surface area contributed by atoms with Crippen molar-refractivity contribution >= 4 is 17.4 Å². The molecule has 31 heavy (non-hydrogen) atoms. The van der Waals surface area contributed by atoms with E-state index in [1.165, 1.54) is 4.90 Å². The van der Waals surface area contributed by atoms with E-state index < -0.39 is 17.7 Å². The van der Waals surface area contributed by atoms with Crippen LogP contribution in [0.5, 0.6) is 5.75 Å². The van der Waals surface area contributed by atoms with Crippen LogP contribution in [0.2, 0.25) is 0 Å². The number of methoxy groups -OCH3 is 2. The third-order valence-electron chi connectivity index (χ3n) is 5.57. The molecule has 0 spiro atoms. The Hall–Kier alpha value is -3.12. The van der Waals surface area contributed by atoms with Crippen LogP contribution in [0.25, 0.3) is 5.76 Å². The van der Waals surface area contributed by atoms with Gasteiger partial charge in [-0.3, -0.25) is 9.59 Å². The molecular formula is C25H29NO5. The van der Waals surface area contributed by atoms with Crippen LogP contribution in [-0.2, 0) is 14.3 Å². The second-order valence-corrected chi connectivity index (χ2v) is 7.89. The first-order valence-corrected chi connectivity index (χ1v) is 10.4. The topological polar surface area (TPSA) is 76.1 Å². The Balaban J connectivity index is 2.09. The SMILES string of the molecule is COCCCN1C(=O)C(=O)/C(=C(/O)c2ccc(OC)cc2)C1c1ccc(C(C)C)cc1. The van der Waals surface area contributed by atoms with Gasteiger partial charge in [-0.25, -0.2) is 0 Å². The number of amides is 1. The number of hydrogen-bond donors (Lipinski definition) is 1. The number of ether oxygens (including phenoxy) is 2. The number of carbonyl (C=O) groups is 2. The standard InChI is InChI=1S/C25H29NO5/c1-16(2)17-6-8-18(9-7-17)22-21(23(27)19-10-12-20(31-4)13-11-19)24(28)25(29)26(22)14-5-15-30-3/h6-13,16,22,27H,5,14-15H2,1-4H3/b23-21+. The second kappa shape index (κ2) is 9.79. The van der Waals surface area contributed by atoms with Gasteiger partial charge in [-0.2, -0.15) is 0 Å². The first kappa shape index (κ1) is 22.6. The van der Waals surface area contributed by atoms with Crippen molar-refractivity contribution in [3.8, 4) is 5.75 Å². The minimum Gasteiger partial charge on any atom is -0.507 e. The minimum absolute atomic E-state index is 0.102. The van der Waals surface area contributed by atoms with Crippen LogP contribution in [-0.4, -0.2) is 49.1 Å². The molecule has 164 valence electrons. The number of hydrogen-bond acceptors (Lipinski definition) is 5. The summed E-state index contributed by atoms with van der Waals surface area (Å²) in [5, 5.41) is 11.1. The van der Waals surface area contributed by atoms with E-state index in [2.05, 4.69) is 13.8 Å². The molecule has 1 heterocycles. The molecule has 2 aromatic carbocycles. The van der Waals surface area contributed by atoms with E-state index in [9.17, 15) is 14.7 Å². The van der Waals surface area contributed by atoms with Crippen LogP contribution in [0, 0.1) is 0 Å².